The molecule has 0 saturated heterocycles. The average molecular weight is 295 g/mol. The zero-order chi connectivity index (χ0) is 14.8. The molecule has 0 fully saturated rings. The van der Waals surface area contributed by atoms with Crippen molar-refractivity contribution >= 4 is 21.6 Å². The number of rotatable bonds is 3. The molecule has 1 heterocycles. The largest absolute Gasteiger partial charge is 0.322 e. The minimum absolute atomic E-state index is 0.115. The lowest BCUT2D eigenvalue weighted by Crippen LogP contribution is -2.15. The summed E-state index contributed by atoms with van der Waals surface area (Å²) in [5.41, 5.74) is 0.409. The molecule has 0 aliphatic carbocycles. The number of pyridine rings is 1. The first-order valence-corrected chi connectivity index (χ1v) is 6.96. The maximum absolute atomic E-state index is 13.6. The molecule has 0 aliphatic heterocycles. The highest BCUT2D eigenvalue weighted by molar-refractivity contribution is 7.89. The van der Waals surface area contributed by atoms with Gasteiger partial charge >= 0.3 is 0 Å². The summed E-state index contributed by atoms with van der Waals surface area (Å²) in [6.07, 6.45) is 2.86. The van der Waals surface area contributed by atoms with Gasteiger partial charge in [-0.25, -0.2) is 17.9 Å². The normalized spacial score (nSPS) is 11.1. The van der Waals surface area contributed by atoms with E-state index in [4.69, 9.17) is 5.14 Å². The first kappa shape index (κ1) is 14.1. The topological polar surface area (TPSA) is 102 Å². The lowest BCUT2D eigenvalue weighted by Gasteiger charge is -2.06. The molecule has 1 amide bonds. The lowest BCUT2D eigenvalue weighted by molar-refractivity contribution is 0.102. The number of nitrogens with zero attached hydrogens (tertiary/aromatic N) is 1. The molecule has 2 rings (SSSR count). The first-order valence-electron chi connectivity index (χ1n) is 5.41. The van der Waals surface area contributed by atoms with Crippen LogP contribution in [0.1, 0.15) is 10.4 Å². The summed E-state index contributed by atoms with van der Waals surface area (Å²) < 4.78 is 35.7. The molecule has 6 nitrogen and oxygen atoms in total. The van der Waals surface area contributed by atoms with Crippen LogP contribution in [-0.2, 0) is 10.0 Å². The molecule has 0 unspecified atom stereocenters. The van der Waals surface area contributed by atoms with Gasteiger partial charge in [0.15, 0.2) is 0 Å². The number of hydrogen-bond donors (Lipinski definition) is 2. The predicted octanol–water partition coefficient (Wildman–Crippen LogP) is 1.12. The number of primary sulfonamides is 1. The Balaban J connectivity index is 2.24. The smallest absolute Gasteiger partial charge is 0.257 e. The van der Waals surface area contributed by atoms with Gasteiger partial charge in [0.25, 0.3) is 5.91 Å². The molecule has 0 bridgehead atoms. The molecule has 2 aromatic rings. The van der Waals surface area contributed by atoms with Crippen LogP contribution in [0.25, 0.3) is 0 Å². The first-order chi connectivity index (χ1) is 9.38. The van der Waals surface area contributed by atoms with Crippen LogP contribution >= 0.6 is 0 Å². The van der Waals surface area contributed by atoms with Crippen LogP contribution in [0.3, 0.4) is 0 Å². The Morgan fingerprint density at radius 2 is 2.05 bits per heavy atom. The average Bonchev–Trinajstić information content (AvgIpc) is 2.38. The number of hydrogen-bond acceptors (Lipinski definition) is 4. The predicted molar refractivity (Wildman–Crippen MR) is 70.0 cm³/mol. The van der Waals surface area contributed by atoms with Gasteiger partial charge in [-0.15, -0.1) is 0 Å². The Morgan fingerprint density at radius 1 is 1.30 bits per heavy atom. The van der Waals surface area contributed by atoms with E-state index in [9.17, 15) is 17.6 Å². The third kappa shape index (κ3) is 3.16. The summed E-state index contributed by atoms with van der Waals surface area (Å²) in [5, 5.41) is 7.26. The number of aromatic nitrogens is 1. The van der Waals surface area contributed by atoms with Crippen LogP contribution in [0.2, 0.25) is 0 Å². The van der Waals surface area contributed by atoms with Crippen molar-refractivity contribution in [3.8, 4) is 0 Å². The number of nitrogens with one attached hydrogen (secondary N) is 1. The van der Waals surface area contributed by atoms with Crippen LogP contribution in [0, 0.1) is 5.82 Å². The standard InChI is InChI=1S/C12H10FN3O3S/c13-10-6-9(3-4-11(10)20(14,18)19)16-12(17)8-2-1-5-15-7-8/h1-7H,(H,16,17)(H2,14,18,19). The molecule has 1 aromatic carbocycles. The minimum Gasteiger partial charge on any atom is -0.322 e. The number of benzene rings is 1. The summed E-state index contributed by atoms with van der Waals surface area (Å²) in [7, 11) is -4.13. The maximum Gasteiger partial charge on any atom is 0.257 e. The number of anilines is 1. The second kappa shape index (κ2) is 5.35. The second-order valence-electron chi connectivity index (χ2n) is 3.89. The van der Waals surface area contributed by atoms with Crippen molar-refractivity contribution in [2.24, 2.45) is 5.14 Å². The van der Waals surface area contributed by atoms with Gasteiger partial charge in [0.05, 0.1) is 5.56 Å². The molecular formula is C12H10FN3O3S. The van der Waals surface area contributed by atoms with Crippen molar-refractivity contribution in [3.05, 3.63) is 54.1 Å². The van der Waals surface area contributed by atoms with Crippen molar-refractivity contribution in [3.63, 3.8) is 0 Å². The van der Waals surface area contributed by atoms with Gasteiger partial charge in [-0.2, -0.15) is 0 Å². The molecule has 0 radical (unpaired) electrons. The third-order valence-corrected chi connectivity index (χ3v) is 3.36. The summed E-state index contributed by atoms with van der Waals surface area (Å²) in [6, 6.07) is 6.24. The molecular weight excluding hydrogens is 285 g/mol. The van der Waals surface area contributed by atoms with Crippen molar-refractivity contribution in [1.29, 1.82) is 0 Å². The second-order valence-corrected chi connectivity index (χ2v) is 5.42. The molecule has 20 heavy (non-hydrogen) atoms. The summed E-state index contributed by atoms with van der Waals surface area (Å²) >= 11 is 0. The number of sulfonamides is 1. The van der Waals surface area contributed by atoms with Gasteiger partial charge in [-0.1, -0.05) is 0 Å². The Bertz CT molecular complexity index is 748. The zero-order valence-corrected chi connectivity index (χ0v) is 10.9. The minimum atomic E-state index is -4.13. The lowest BCUT2D eigenvalue weighted by atomic mass is 10.2. The quantitative estimate of drug-likeness (QED) is 0.885. The van der Waals surface area contributed by atoms with Crippen LogP contribution in [0.4, 0.5) is 10.1 Å². The highest BCUT2D eigenvalue weighted by Crippen LogP contribution is 2.18. The van der Waals surface area contributed by atoms with E-state index in [0.717, 1.165) is 12.1 Å². The van der Waals surface area contributed by atoms with Crippen molar-refractivity contribution in [2.45, 2.75) is 4.90 Å². The molecule has 3 N–H and O–H groups in total. The number of amides is 1. The zero-order valence-electron chi connectivity index (χ0n) is 10.1. The van der Waals surface area contributed by atoms with E-state index in [2.05, 4.69) is 10.3 Å². The number of carbonyl (C=O) groups excluding carboxylic acids is 1. The monoisotopic (exact) mass is 295 g/mol. The van der Waals surface area contributed by atoms with E-state index in [0.29, 0.717) is 5.56 Å². The van der Waals surface area contributed by atoms with E-state index in [1.807, 2.05) is 0 Å². The Kier molecular flexibility index (Phi) is 3.77. The Labute approximate surface area is 114 Å². The number of halogens is 1. The fourth-order valence-electron chi connectivity index (χ4n) is 1.51. The molecule has 0 atom stereocenters. The van der Waals surface area contributed by atoms with Crippen molar-refractivity contribution < 1.29 is 17.6 Å². The Morgan fingerprint density at radius 3 is 2.60 bits per heavy atom. The van der Waals surface area contributed by atoms with Gasteiger partial charge in [0.1, 0.15) is 10.7 Å². The molecule has 0 saturated carbocycles. The molecule has 0 spiro atoms. The van der Waals surface area contributed by atoms with Gasteiger partial charge in [0.2, 0.25) is 10.0 Å². The summed E-state index contributed by atoms with van der Waals surface area (Å²) in [5.74, 6) is -1.52. The highest BCUT2D eigenvalue weighted by atomic mass is 32.2. The van der Waals surface area contributed by atoms with Gasteiger partial charge in [-0.3, -0.25) is 9.78 Å². The van der Waals surface area contributed by atoms with Crippen LogP contribution < -0.4 is 10.5 Å². The SMILES string of the molecule is NS(=O)(=O)c1ccc(NC(=O)c2cccnc2)cc1F. The Hall–Kier alpha value is -2.32. The molecule has 104 valence electrons. The van der Waals surface area contributed by atoms with E-state index in [-0.39, 0.29) is 5.69 Å². The maximum atomic E-state index is 13.6. The van der Waals surface area contributed by atoms with Gasteiger partial charge in [0, 0.05) is 18.1 Å². The number of nitrogens with two attached hydrogens (primary N) is 1. The van der Waals surface area contributed by atoms with E-state index in [1.54, 1.807) is 6.07 Å². The van der Waals surface area contributed by atoms with Crippen molar-refractivity contribution in [2.75, 3.05) is 5.32 Å². The summed E-state index contributed by atoms with van der Waals surface area (Å²) in [4.78, 5) is 14.9. The van der Waals surface area contributed by atoms with Gasteiger partial charge in [-0.05, 0) is 30.3 Å². The fraction of sp³-hybridized carbons (Fsp3) is 0. The van der Waals surface area contributed by atoms with E-state index in [1.165, 1.54) is 24.5 Å². The van der Waals surface area contributed by atoms with E-state index < -0.39 is 26.6 Å². The van der Waals surface area contributed by atoms with Crippen LogP contribution in [-0.4, -0.2) is 19.3 Å². The fourth-order valence-corrected chi connectivity index (χ4v) is 2.10. The van der Waals surface area contributed by atoms with Crippen LogP contribution in [0.5, 0.6) is 0 Å². The third-order valence-electron chi connectivity index (χ3n) is 2.42. The molecule has 8 heteroatoms. The molecule has 0 aliphatic rings. The van der Waals surface area contributed by atoms with Gasteiger partial charge < -0.3 is 5.32 Å². The van der Waals surface area contributed by atoms with Crippen molar-refractivity contribution in [1.82, 2.24) is 4.98 Å². The van der Waals surface area contributed by atoms with E-state index >= 15 is 0 Å². The summed E-state index contributed by atoms with van der Waals surface area (Å²) in [6.45, 7) is 0. The number of carbonyl (C=O) groups is 1. The van der Waals surface area contributed by atoms with Crippen LogP contribution in [0.15, 0.2) is 47.6 Å². The molecule has 1 aromatic heterocycles. The highest BCUT2D eigenvalue weighted by Gasteiger charge is 2.15.